The van der Waals surface area contributed by atoms with Gasteiger partial charge >= 0.3 is 5.97 Å². The lowest BCUT2D eigenvalue weighted by Crippen LogP contribution is -2.37. The zero-order valence-corrected chi connectivity index (χ0v) is 17.8. The van der Waals surface area contributed by atoms with Gasteiger partial charge in [-0.05, 0) is 50.5 Å². The number of rotatable bonds is 5. The molecule has 0 saturated heterocycles. The lowest BCUT2D eigenvalue weighted by atomic mass is 9.79. The van der Waals surface area contributed by atoms with Crippen molar-refractivity contribution >= 4 is 28.3 Å². The number of anilines is 1. The van der Waals surface area contributed by atoms with Gasteiger partial charge < -0.3 is 10.4 Å². The molecule has 2 N–H and O–H groups in total. The Balaban J connectivity index is 1.54. The molecule has 4 atom stereocenters. The summed E-state index contributed by atoms with van der Waals surface area (Å²) in [6.45, 7) is 6.17. The van der Waals surface area contributed by atoms with Crippen LogP contribution in [0.3, 0.4) is 0 Å². The summed E-state index contributed by atoms with van der Waals surface area (Å²) in [4.78, 5) is 29.6. The van der Waals surface area contributed by atoms with Gasteiger partial charge in [-0.3, -0.25) is 9.59 Å². The molecule has 5 nitrogen and oxygen atoms in total. The van der Waals surface area contributed by atoms with Gasteiger partial charge in [0, 0.05) is 10.9 Å². The third-order valence-electron chi connectivity index (χ3n) is 6.40. The van der Waals surface area contributed by atoms with Crippen LogP contribution in [0.25, 0.3) is 11.3 Å². The second-order valence-corrected chi connectivity index (χ2v) is 9.07. The van der Waals surface area contributed by atoms with E-state index in [1.54, 1.807) is 0 Å². The number of carboxylic acid groups (broad SMARTS) is 1. The molecule has 2 aromatic rings. The molecule has 2 aliphatic rings. The average molecular weight is 411 g/mol. The van der Waals surface area contributed by atoms with E-state index < -0.39 is 17.8 Å². The first-order valence-corrected chi connectivity index (χ1v) is 11.0. The number of nitrogens with zero attached hydrogens (tertiary/aromatic N) is 1. The van der Waals surface area contributed by atoms with Gasteiger partial charge in [-0.2, -0.15) is 0 Å². The predicted octanol–water partition coefficient (Wildman–Crippen LogP) is 5.00. The topological polar surface area (TPSA) is 79.3 Å². The van der Waals surface area contributed by atoms with Crippen LogP contribution in [0.2, 0.25) is 0 Å². The highest BCUT2D eigenvalue weighted by Crippen LogP contribution is 2.57. The summed E-state index contributed by atoms with van der Waals surface area (Å²) in [6.07, 6.45) is 2.74. The first kappa shape index (κ1) is 19.8. The fourth-order valence-corrected chi connectivity index (χ4v) is 5.89. The Morgan fingerprint density at radius 1 is 1.14 bits per heavy atom. The van der Waals surface area contributed by atoms with Crippen LogP contribution < -0.4 is 5.32 Å². The summed E-state index contributed by atoms with van der Waals surface area (Å²) < 4.78 is 0. The molecule has 1 heterocycles. The fraction of sp³-hybridized carbons (Fsp3) is 0.435. The number of carbonyl (C=O) groups is 2. The van der Waals surface area contributed by atoms with Crippen molar-refractivity contribution in [2.75, 3.05) is 5.32 Å². The normalized spacial score (nSPS) is 25.3. The molecule has 2 saturated carbocycles. The Bertz CT molecular complexity index is 972. The maximum atomic E-state index is 13.1. The number of hydrogen-bond acceptors (Lipinski definition) is 4. The van der Waals surface area contributed by atoms with Crippen molar-refractivity contribution in [1.29, 1.82) is 0 Å². The summed E-state index contributed by atoms with van der Waals surface area (Å²) in [5.74, 6) is -2.22. The maximum Gasteiger partial charge on any atom is 0.307 e. The third kappa shape index (κ3) is 3.50. The molecule has 0 spiro atoms. The number of carbonyl (C=O) groups excluding carboxylic acids is 1. The van der Waals surface area contributed by atoms with E-state index in [0.29, 0.717) is 5.13 Å². The summed E-state index contributed by atoms with van der Waals surface area (Å²) in [6, 6.07) is 8.25. The van der Waals surface area contributed by atoms with Crippen molar-refractivity contribution in [2.24, 2.45) is 23.7 Å². The summed E-state index contributed by atoms with van der Waals surface area (Å²) >= 11 is 1.38. The summed E-state index contributed by atoms with van der Waals surface area (Å²) in [5, 5.41) is 15.2. The zero-order valence-electron chi connectivity index (χ0n) is 16.9. The molecule has 29 heavy (non-hydrogen) atoms. The molecule has 1 aromatic carbocycles. The minimum absolute atomic E-state index is 0.0119. The number of hydrogen-bond donors (Lipinski definition) is 2. The zero-order chi connectivity index (χ0) is 20.7. The number of nitrogens with one attached hydrogen (secondary N) is 1. The van der Waals surface area contributed by atoms with Crippen molar-refractivity contribution in [3.05, 3.63) is 46.4 Å². The maximum absolute atomic E-state index is 13.1. The quantitative estimate of drug-likeness (QED) is 0.680. The molecule has 152 valence electrons. The number of carboxylic acids is 1. The minimum atomic E-state index is -0.869. The van der Waals surface area contributed by atoms with Crippen molar-refractivity contribution in [3.8, 4) is 11.3 Å². The van der Waals surface area contributed by atoms with Crippen LogP contribution in [0.15, 0.2) is 40.8 Å². The Labute approximate surface area is 174 Å². The first-order chi connectivity index (χ1) is 13.9. The molecule has 2 bridgehead atoms. The van der Waals surface area contributed by atoms with Gasteiger partial charge in [-0.1, -0.05) is 42.3 Å². The largest absolute Gasteiger partial charge is 0.481 e. The molecule has 0 unspecified atom stereocenters. The van der Waals surface area contributed by atoms with E-state index in [-0.39, 0.29) is 17.7 Å². The van der Waals surface area contributed by atoms with Gasteiger partial charge in [0.25, 0.3) is 0 Å². The van der Waals surface area contributed by atoms with E-state index in [4.69, 9.17) is 0 Å². The number of allylic oxidation sites excluding steroid dienone is 2. The monoisotopic (exact) mass is 410 g/mol. The second kappa shape index (κ2) is 7.75. The van der Waals surface area contributed by atoms with Crippen molar-refractivity contribution in [3.63, 3.8) is 0 Å². The molecule has 1 amide bonds. The highest BCUT2D eigenvalue weighted by molar-refractivity contribution is 7.14. The summed E-state index contributed by atoms with van der Waals surface area (Å²) in [7, 11) is 0. The third-order valence-corrected chi connectivity index (χ3v) is 7.16. The number of amides is 1. The van der Waals surface area contributed by atoms with Crippen LogP contribution >= 0.6 is 11.3 Å². The number of aromatic nitrogens is 1. The van der Waals surface area contributed by atoms with Crippen LogP contribution in [0, 0.1) is 23.7 Å². The van der Waals surface area contributed by atoms with Gasteiger partial charge in [0.05, 0.1) is 17.5 Å². The fourth-order valence-electron chi connectivity index (χ4n) is 5.17. The molecule has 4 rings (SSSR count). The lowest BCUT2D eigenvalue weighted by Gasteiger charge is -2.25. The van der Waals surface area contributed by atoms with Crippen LogP contribution in [-0.4, -0.2) is 22.0 Å². The Kier molecular flexibility index (Phi) is 5.30. The van der Waals surface area contributed by atoms with Crippen LogP contribution in [0.5, 0.6) is 0 Å². The van der Waals surface area contributed by atoms with E-state index in [1.165, 1.54) is 22.5 Å². The second-order valence-electron chi connectivity index (χ2n) is 8.21. The van der Waals surface area contributed by atoms with Gasteiger partial charge in [-0.15, -0.1) is 11.3 Å². The number of benzene rings is 1. The smallest absolute Gasteiger partial charge is 0.307 e. The van der Waals surface area contributed by atoms with E-state index in [2.05, 4.69) is 29.4 Å². The van der Waals surface area contributed by atoms with E-state index in [0.717, 1.165) is 36.1 Å². The molecular weight excluding hydrogens is 384 g/mol. The van der Waals surface area contributed by atoms with Crippen molar-refractivity contribution in [2.45, 2.75) is 40.0 Å². The van der Waals surface area contributed by atoms with E-state index in [1.807, 2.05) is 31.4 Å². The SMILES string of the molecule is CCc1ccc(-c2csc(NC(=O)[C@H]3[C@@H](C(=O)O)[C@@H]4CC[C@H]3C4=C(C)C)n2)cc1. The van der Waals surface area contributed by atoms with Gasteiger partial charge in [0.2, 0.25) is 5.91 Å². The molecule has 2 aliphatic carbocycles. The molecule has 0 radical (unpaired) electrons. The Hall–Kier alpha value is -2.47. The van der Waals surface area contributed by atoms with Crippen LogP contribution in [0.1, 0.15) is 39.2 Å². The average Bonchev–Trinajstić information content (AvgIpc) is 3.41. The Morgan fingerprint density at radius 2 is 1.79 bits per heavy atom. The van der Waals surface area contributed by atoms with Crippen LogP contribution in [0.4, 0.5) is 5.13 Å². The highest BCUT2D eigenvalue weighted by Gasteiger charge is 2.57. The van der Waals surface area contributed by atoms with Crippen molar-refractivity contribution < 1.29 is 14.7 Å². The lowest BCUT2D eigenvalue weighted by molar-refractivity contribution is -0.148. The van der Waals surface area contributed by atoms with Gasteiger partial charge in [0.15, 0.2) is 5.13 Å². The summed E-state index contributed by atoms with van der Waals surface area (Å²) in [5.41, 5.74) is 5.44. The first-order valence-electron chi connectivity index (χ1n) is 10.2. The Morgan fingerprint density at radius 3 is 2.38 bits per heavy atom. The molecule has 1 aromatic heterocycles. The predicted molar refractivity (Wildman–Crippen MR) is 115 cm³/mol. The number of aryl methyl sites for hydroxylation is 1. The molecule has 2 fully saturated rings. The van der Waals surface area contributed by atoms with Crippen molar-refractivity contribution in [1.82, 2.24) is 4.98 Å². The molecule has 0 aliphatic heterocycles. The number of fused-ring (bicyclic) bond motifs is 2. The minimum Gasteiger partial charge on any atom is -0.481 e. The molecular formula is C23H26N2O3S. The van der Waals surface area contributed by atoms with Gasteiger partial charge in [0.1, 0.15) is 0 Å². The highest BCUT2D eigenvalue weighted by atomic mass is 32.1. The number of thiazole rings is 1. The van der Waals surface area contributed by atoms with Gasteiger partial charge in [-0.25, -0.2) is 4.98 Å². The van der Waals surface area contributed by atoms with E-state index >= 15 is 0 Å². The number of aliphatic carboxylic acids is 1. The van der Waals surface area contributed by atoms with Crippen LogP contribution in [-0.2, 0) is 16.0 Å². The standard InChI is InChI=1S/C23H26N2O3S/c1-4-13-5-7-14(8-6-13)17-11-29-23(24-17)25-21(26)19-15-9-10-16(18(15)12(2)3)20(19)22(27)28/h5-8,11,15-16,19-20H,4,9-10H2,1-3H3,(H,27,28)(H,24,25,26)/t15-,16+,19+,20-/m0/s1. The molecule has 6 heteroatoms. The van der Waals surface area contributed by atoms with E-state index in [9.17, 15) is 14.7 Å².